The lowest BCUT2D eigenvalue weighted by Crippen LogP contribution is -2.23. The van der Waals surface area contributed by atoms with Crippen LogP contribution in [0, 0.1) is 12.7 Å². The van der Waals surface area contributed by atoms with Crippen LogP contribution in [0.1, 0.15) is 23.1 Å². The van der Waals surface area contributed by atoms with Crippen LogP contribution in [0.15, 0.2) is 48.5 Å². The van der Waals surface area contributed by atoms with Gasteiger partial charge in [-0.25, -0.2) is 4.39 Å². The maximum absolute atomic E-state index is 13.1. The zero-order valence-electron chi connectivity index (χ0n) is 11.3. The molecule has 0 amide bonds. The average molecular weight is 257 g/mol. The average Bonchev–Trinajstić information content (AvgIpc) is 2.38. The first-order chi connectivity index (χ1) is 9.15. The van der Waals surface area contributed by atoms with Gasteiger partial charge in [-0.05, 0) is 55.0 Å². The Morgan fingerprint density at radius 1 is 1.11 bits per heavy atom. The molecule has 0 fully saturated rings. The summed E-state index contributed by atoms with van der Waals surface area (Å²) in [4.78, 5) is 0. The van der Waals surface area contributed by atoms with E-state index >= 15 is 0 Å². The van der Waals surface area contributed by atoms with E-state index < -0.39 is 0 Å². The van der Waals surface area contributed by atoms with Gasteiger partial charge in [0, 0.05) is 6.04 Å². The number of hydrogen-bond donors (Lipinski definition) is 1. The Balaban J connectivity index is 1.88. The van der Waals surface area contributed by atoms with Crippen molar-refractivity contribution in [3.8, 4) is 0 Å². The van der Waals surface area contributed by atoms with Gasteiger partial charge in [0.05, 0.1) is 0 Å². The Labute approximate surface area is 114 Å². The van der Waals surface area contributed by atoms with Crippen LogP contribution < -0.4 is 5.73 Å². The van der Waals surface area contributed by atoms with Crippen molar-refractivity contribution in [3.05, 3.63) is 71.0 Å². The van der Waals surface area contributed by atoms with Gasteiger partial charge >= 0.3 is 0 Å². The zero-order chi connectivity index (χ0) is 13.7. The lowest BCUT2D eigenvalue weighted by atomic mass is 9.97. The lowest BCUT2D eigenvalue weighted by molar-refractivity contribution is 0.598. The molecule has 0 aliphatic rings. The predicted octanol–water partition coefficient (Wildman–Crippen LogP) is 3.64. The topological polar surface area (TPSA) is 26.0 Å². The second kappa shape index (κ2) is 6.48. The fourth-order valence-electron chi connectivity index (χ4n) is 2.30. The van der Waals surface area contributed by atoms with Crippen LogP contribution in [-0.4, -0.2) is 6.04 Å². The van der Waals surface area contributed by atoms with Crippen molar-refractivity contribution < 1.29 is 4.39 Å². The lowest BCUT2D eigenvalue weighted by Gasteiger charge is -2.12. The van der Waals surface area contributed by atoms with E-state index in [1.165, 1.54) is 17.2 Å². The summed E-state index contributed by atoms with van der Waals surface area (Å²) in [7, 11) is 0. The molecule has 19 heavy (non-hydrogen) atoms. The molecule has 2 aromatic carbocycles. The van der Waals surface area contributed by atoms with Crippen molar-refractivity contribution in [3.63, 3.8) is 0 Å². The van der Waals surface area contributed by atoms with Crippen LogP contribution in [0.5, 0.6) is 0 Å². The third kappa shape index (κ3) is 4.18. The van der Waals surface area contributed by atoms with Gasteiger partial charge in [0.25, 0.3) is 0 Å². The van der Waals surface area contributed by atoms with Gasteiger partial charge in [0.1, 0.15) is 5.82 Å². The summed E-state index contributed by atoms with van der Waals surface area (Å²) in [5, 5.41) is 0. The quantitative estimate of drug-likeness (QED) is 0.869. The first-order valence-electron chi connectivity index (χ1n) is 6.69. The minimum atomic E-state index is -0.191. The molecule has 0 saturated carbocycles. The van der Waals surface area contributed by atoms with Crippen molar-refractivity contribution in [1.29, 1.82) is 0 Å². The summed E-state index contributed by atoms with van der Waals surface area (Å²) in [6, 6.07) is 15.1. The maximum Gasteiger partial charge on any atom is 0.123 e. The third-order valence-corrected chi connectivity index (χ3v) is 3.43. The molecule has 2 N–H and O–H groups in total. The highest BCUT2D eigenvalue weighted by molar-refractivity contribution is 5.25. The molecule has 0 aliphatic heterocycles. The Bertz CT molecular complexity index is 536. The van der Waals surface area contributed by atoms with Crippen LogP contribution in [0.3, 0.4) is 0 Å². The van der Waals surface area contributed by atoms with E-state index in [-0.39, 0.29) is 11.9 Å². The van der Waals surface area contributed by atoms with E-state index in [9.17, 15) is 4.39 Å². The van der Waals surface area contributed by atoms with Crippen molar-refractivity contribution >= 4 is 0 Å². The van der Waals surface area contributed by atoms with Gasteiger partial charge in [-0.15, -0.1) is 0 Å². The molecule has 1 atom stereocenters. The highest BCUT2D eigenvalue weighted by Crippen LogP contribution is 2.13. The SMILES string of the molecule is Cc1ccccc1CCC(N)Cc1cccc(F)c1. The number of nitrogens with two attached hydrogens (primary N) is 1. The molecule has 0 spiro atoms. The maximum atomic E-state index is 13.1. The largest absolute Gasteiger partial charge is 0.327 e. The highest BCUT2D eigenvalue weighted by atomic mass is 19.1. The minimum absolute atomic E-state index is 0.0707. The molecule has 2 rings (SSSR count). The van der Waals surface area contributed by atoms with Gasteiger partial charge in [-0.2, -0.15) is 0 Å². The van der Waals surface area contributed by atoms with Gasteiger partial charge in [0.2, 0.25) is 0 Å². The smallest absolute Gasteiger partial charge is 0.123 e. The Morgan fingerprint density at radius 2 is 1.89 bits per heavy atom. The van der Waals surface area contributed by atoms with E-state index in [0.29, 0.717) is 0 Å². The molecule has 0 radical (unpaired) electrons. The molecule has 2 aromatic rings. The summed E-state index contributed by atoms with van der Waals surface area (Å²) in [6.07, 6.45) is 2.62. The number of hydrogen-bond acceptors (Lipinski definition) is 1. The fraction of sp³-hybridized carbons (Fsp3) is 0.294. The molecule has 1 nitrogen and oxygen atoms in total. The molecule has 0 saturated heterocycles. The molecule has 0 aliphatic carbocycles. The summed E-state index contributed by atoms with van der Waals surface area (Å²) in [5.74, 6) is -0.191. The molecule has 0 heterocycles. The Kier molecular flexibility index (Phi) is 4.69. The predicted molar refractivity (Wildman–Crippen MR) is 77.6 cm³/mol. The molecule has 0 bridgehead atoms. The second-order valence-corrected chi connectivity index (χ2v) is 5.06. The van der Waals surface area contributed by atoms with Crippen LogP contribution in [-0.2, 0) is 12.8 Å². The third-order valence-electron chi connectivity index (χ3n) is 3.43. The fourth-order valence-corrected chi connectivity index (χ4v) is 2.30. The van der Waals surface area contributed by atoms with Crippen LogP contribution in [0.25, 0.3) is 0 Å². The van der Waals surface area contributed by atoms with E-state index in [4.69, 9.17) is 5.73 Å². The van der Waals surface area contributed by atoms with Crippen molar-refractivity contribution in [2.75, 3.05) is 0 Å². The molecular formula is C17H20FN. The Hall–Kier alpha value is -1.67. The molecule has 0 aromatic heterocycles. The van der Waals surface area contributed by atoms with Crippen molar-refractivity contribution in [2.45, 2.75) is 32.2 Å². The van der Waals surface area contributed by atoms with E-state index in [1.807, 2.05) is 12.1 Å². The number of halogens is 1. The van der Waals surface area contributed by atoms with Crippen LogP contribution >= 0.6 is 0 Å². The first kappa shape index (κ1) is 13.8. The van der Waals surface area contributed by atoms with E-state index in [1.54, 1.807) is 12.1 Å². The number of rotatable bonds is 5. The van der Waals surface area contributed by atoms with E-state index in [2.05, 4.69) is 25.1 Å². The first-order valence-corrected chi connectivity index (χ1v) is 6.69. The molecule has 1 unspecified atom stereocenters. The summed E-state index contributed by atoms with van der Waals surface area (Å²) >= 11 is 0. The summed E-state index contributed by atoms with van der Waals surface area (Å²) < 4.78 is 13.1. The highest BCUT2D eigenvalue weighted by Gasteiger charge is 2.06. The molecule has 100 valence electrons. The summed E-state index contributed by atoms with van der Waals surface area (Å²) in [6.45, 7) is 2.12. The standard InChI is InChI=1S/C17H20FN/c1-13-5-2-3-7-15(13)9-10-17(19)12-14-6-4-8-16(18)11-14/h2-8,11,17H,9-10,12,19H2,1H3. The second-order valence-electron chi connectivity index (χ2n) is 5.06. The molecule has 2 heteroatoms. The van der Waals surface area contributed by atoms with E-state index in [0.717, 1.165) is 24.8 Å². The number of aryl methyl sites for hydroxylation is 2. The van der Waals surface area contributed by atoms with Crippen LogP contribution in [0.4, 0.5) is 4.39 Å². The summed E-state index contributed by atoms with van der Waals surface area (Å²) in [5.41, 5.74) is 9.75. The molecular weight excluding hydrogens is 237 g/mol. The van der Waals surface area contributed by atoms with Gasteiger partial charge in [-0.1, -0.05) is 36.4 Å². The van der Waals surface area contributed by atoms with Gasteiger partial charge in [0.15, 0.2) is 0 Å². The zero-order valence-corrected chi connectivity index (χ0v) is 11.3. The number of benzene rings is 2. The van der Waals surface area contributed by atoms with Gasteiger partial charge in [-0.3, -0.25) is 0 Å². The van der Waals surface area contributed by atoms with Crippen molar-refractivity contribution in [2.24, 2.45) is 5.73 Å². The normalized spacial score (nSPS) is 12.4. The van der Waals surface area contributed by atoms with Crippen LogP contribution in [0.2, 0.25) is 0 Å². The monoisotopic (exact) mass is 257 g/mol. The minimum Gasteiger partial charge on any atom is -0.327 e. The Morgan fingerprint density at radius 3 is 2.63 bits per heavy atom. The van der Waals surface area contributed by atoms with Gasteiger partial charge < -0.3 is 5.73 Å². The van der Waals surface area contributed by atoms with Crippen molar-refractivity contribution in [1.82, 2.24) is 0 Å².